The second kappa shape index (κ2) is 6.89. The fraction of sp³-hybridized carbons (Fsp3) is 0.500. The van der Waals surface area contributed by atoms with E-state index in [2.05, 4.69) is 31.6 Å². The maximum absolute atomic E-state index is 13.6. The summed E-state index contributed by atoms with van der Waals surface area (Å²) in [7, 11) is 0. The zero-order valence-electron chi connectivity index (χ0n) is 11.0. The Morgan fingerprint density at radius 1 is 1.47 bits per heavy atom. The van der Waals surface area contributed by atoms with Crippen molar-refractivity contribution in [2.75, 3.05) is 13.1 Å². The molecule has 2 rings (SSSR count). The van der Waals surface area contributed by atoms with Crippen molar-refractivity contribution in [3.05, 3.63) is 34.1 Å². The number of guanidine groups is 1. The van der Waals surface area contributed by atoms with E-state index in [1.165, 1.54) is 18.9 Å². The summed E-state index contributed by atoms with van der Waals surface area (Å²) in [6, 6.07) is 5.57. The molecule has 1 fully saturated rings. The van der Waals surface area contributed by atoms with Crippen molar-refractivity contribution in [3.8, 4) is 0 Å². The molecule has 1 aromatic carbocycles. The molecule has 0 unspecified atom stereocenters. The average Bonchev–Trinajstić information content (AvgIpc) is 3.18. The zero-order valence-corrected chi connectivity index (χ0v) is 12.6. The smallest absolute Gasteiger partial charge is 0.191 e. The Morgan fingerprint density at radius 3 is 2.95 bits per heavy atom. The molecule has 1 aromatic rings. The predicted molar refractivity (Wildman–Crippen MR) is 79.9 cm³/mol. The highest BCUT2D eigenvalue weighted by Crippen LogP contribution is 2.18. The number of aliphatic imine (C=N–C) groups is 1. The Bertz CT molecular complexity index is 458. The first-order valence-corrected chi connectivity index (χ1v) is 7.47. The first kappa shape index (κ1) is 14.3. The molecule has 5 heteroatoms. The highest BCUT2D eigenvalue weighted by Gasteiger charge is 2.21. The molecule has 2 N–H and O–H groups in total. The van der Waals surface area contributed by atoms with E-state index in [9.17, 15) is 4.39 Å². The summed E-state index contributed by atoms with van der Waals surface area (Å²) in [5.41, 5.74) is 0.695. The molecule has 0 atom stereocenters. The number of benzene rings is 1. The van der Waals surface area contributed by atoms with Crippen LogP contribution in [0.3, 0.4) is 0 Å². The van der Waals surface area contributed by atoms with Gasteiger partial charge in [-0.3, -0.25) is 4.99 Å². The van der Waals surface area contributed by atoms with Gasteiger partial charge >= 0.3 is 0 Å². The molecule has 0 spiro atoms. The first-order valence-electron chi connectivity index (χ1n) is 6.68. The molecule has 0 saturated heterocycles. The molecular formula is C14H19BrFN3. The lowest BCUT2D eigenvalue weighted by Gasteiger charge is -2.10. The topological polar surface area (TPSA) is 36.4 Å². The minimum Gasteiger partial charge on any atom is -0.357 e. The van der Waals surface area contributed by atoms with Crippen LogP contribution in [0.4, 0.5) is 4.39 Å². The highest BCUT2D eigenvalue weighted by molar-refractivity contribution is 9.10. The SMILES string of the molecule is CCNC(=NCCc1cc(Br)ccc1F)NC1CC1. The van der Waals surface area contributed by atoms with Crippen molar-refractivity contribution < 1.29 is 4.39 Å². The van der Waals surface area contributed by atoms with Crippen LogP contribution in [0.1, 0.15) is 25.3 Å². The van der Waals surface area contributed by atoms with Crippen molar-refractivity contribution in [1.29, 1.82) is 0 Å². The van der Waals surface area contributed by atoms with Gasteiger partial charge in [-0.05, 0) is 49.9 Å². The standard InChI is InChI=1S/C14H19BrFN3/c1-2-17-14(19-12-4-5-12)18-8-7-10-9-11(15)3-6-13(10)16/h3,6,9,12H,2,4-5,7-8H2,1H3,(H2,17,18,19). The summed E-state index contributed by atoms with van der Waals surface area (Å²) in [5, 5.41) is 6.54. The first-order chi connectivity index (χ1) is 9.19. The molecule has 0 aromatic heterocycles. The van der Waals surface area contributed by atoms with Gasteiger partial charge in [0.25, 0.3) is 0 Å². The molecule has 3 nitrogen and oxygen atoms in total. The van der Waals surface area contributed by atoms with Gasteiger partial charge in [-0.25, -0.2) is 4.39 Å². The van der Waals surface area contributed by atoms with Crippen LogP contribution in [0.15, 0.2) is 27.7 Å². The zero-order chi connectivity index (χ0) is 13.7. The third-order valence-electron chi connectivity index (χ3n) is 2.92. The second-order valence-electron chi connectivity index (χ2n) is 4.67. The van der Waals surface area contributed by atoms with Gasteiger partial charge in [0, 0.05) is 23.6 Å². The molecule has 0 radical (unpaired) electrons. The van der Waals surface area contributed by atoms with Gasteiger partial charge in [0.05, 0.1) is 0 Å². The summed E-state index contributed by atoms with van der Waals surface area (Å²) in [5.74, 6) is 0.666. The van der Waals surface area contributed by atoms with Crippen LogP contribution in [-0.2, 0) is 6.42 Å². The van der Waals surface area contributed by atoms with Crippen LogP contribution in [0.25, 0.3) is 0 Å². The normalized spacial score (nSPS) is 15.4. The molecular weight excluding hydrogens is 309 g/mol. The van der Waals surface area contributed by atoms with E-state index in [1.807, 2.05) is 13.0 Å². The Balaban J connectivity index is 1.90. The van der Waals surface area contributed by atoms with Crippen LogP contribution >= 0.6 is 15.9 Å². The molecule has 0 heterocycles. The Morgan fingerprint density at radius 2 is 2.26 bits per heavy atom. The highest BCUT2D eigenvalue weighted by atomic mass is 79.9. The molecule has 19 heavy (non-hydrogen) atoms. The fourth-order valence-electron chi connectivity index (χ4n) is 1.76. The van der Waals surface area contributed by atoms with Gasteiger partial charge in [-0.1, -0.05) is 15.9 Å². The number of halogens is 2. The maximum atomic E-state index is 13.6. The lowest BCUT2D eigenvalue weighted by Crippen LogP contribution is -2.38. The molecule has 1 aliphatic rings. The van der Waals surface area contributed by atoms with Crippen molar-refractivity contribution in [2.45, 2.75) is 32.2 Å². The third kappa shape index (κ3) is 4.82. The van der Waals surface area contributed by atoms with Crippen molar-refractivity contribution in [1.82, 2.24) is 10.6 Å². The van der Waals surface area contributed by atoms with Gasteiger partial charge in [0.15, 0.2) is 5.96 Å². The number of nitrogens with zero attached hydrogens (tertiary/aromatic N) is 1. The van der Waals surface area contributed by atoms with Gasteiger partial charge in [0.1, 0.15) is 5.82 Å². The monoisotopic (exact) mass is 327 g/mol. The van der Waals surface area contributed by atoms with E-state index in [0.29, 0.717) is 24.6 Å². The van der Waals surface area contributed by atoms with Crippen LogP contribution < -0.4 is 10.6 Å². The van der Waals surface area contributed by atoms with Crippen LogP contribution in [-0.4, -0.2) is 25.1 Å². The van der Waals surface area contributed by atoms with E-state index in [-0.39, 0.29) is 5.82 Å². The van der Waals surface area contributed by atoms with Crippen LogP contribution in [0.2, 0.25) is 0 Å². The van der Waals surface area contributed by atoms with Crippen molar-refractivity contribution in [2.24, 2.45) is 4.99 Å². The van der Waals surface area contributed by atoms with E-state index in [4.69, 9.17) is 0 Å². The average molecular weight is 328 g/mol. The van der Waals surface area contributed by atoms with E-state index in [0.717, 1.165) is 17.0 Å². The lowest BCUT2D eigenvalue weighted by molar-refractivity contribution is 0.609. The van der Waals surface area contributed by atoms with Gasteiger partial charge < -0.3 is 10.6 Å². The Kier molecular flexibility index (Phi) is 5.19. The molecule has 0 bridgehead atoms. The third-order valence-corrected chi connectivity index (χ3v) is 3.41. The molecule has 1 saturated carbocycles. The number of hydrogen-bond donors (Lipinski definition) is 2. The number of rotatable bonds is 5. The summed E-state index contributed by atoms with van der Waals surface area (Å²) in [4.78, 5) is 4.47. The Hall–Kier alpha value is -1.10. The minimum absolute atomic E-state index is 0.168. The van der Waals surface area contributed by atoms with Gasteiger partial charge in [-0.2, -0.15) is 0 Å². The van der Waals surface area contributed by atoms with Gasteiger partial charge in [0.2, 0.25) is 0 Å². The summed E-state index contributed by atoms with van der Waals surface area (Å²) in [6.45, 7) is 3.46. The molecule has 0 amide bonds. The number of nitrogens with one attached hydrogen (secondary N) is 2. The van der Waals surface area contributed by atoms with Gasteiger partial charge in [-0.15, -0.1) is 0 Å². The number of hydrogen-bond acceptors (Lipinski definition) is 1. The summed E-state index contributed by atoms with van der Waals surface area (Å²) in [6.07, 6.45) is 3.03. The van der Waals surface area contributed by atoms with Crippen LogP contribution in [0.5, 0.6) is 0 Å². The van der Waals surface area contributed by atoms with E-state index < -0.39 is 0 Å². The molecule has 0 aliphatic heterocycles. The van der Waals surface area contributed by atoms with Crippen molar-refractivity contribution >= 4 is 21.9 Å². The summed E-state index contributed by atoms with van der Waals surface area (Å²) >= 11 is 3.36. The predicted octanol–water partition coefficient (Wildman–Crippen LogP) is 2.85. The van der Waals surface area contributed by atoms with Crippen molar-refractivity contribution in [3.63, 3.8) is 0 Å². The molecule has 104 valence electrons. The largest absolute Gasteiger partial charge is 0.357 e. The fourth-order valence-corrected chi connectivity index (χ4v) is 2.17. The Labute approximate surface area is 121 Å². The lowest BCUT2D eigenvalue weighted by atomic mass is 10.1. The molecule has 1 aliphatic carbocycles. The van der Waals surface area contributed by atoms with Crippen LogP contribution in [0, 0.1) is 5.82 Å². The quantitative estimate of drug-likeness (QED) is 0.644. The minimum atomic E-state index is -0.168. The van der Waals surface area contributed by atoms with E-state index in [1.54, 1.807) is 6.07 Å². The van der Waals surface area contributed by atoms with E-state index >= 15 is 0 Å². The summed E-state index contributed by atoms with van der Waals surface area (Å²) < 4.78 is 14.5. The second-order valence-corrected chi connectivity index (χ2v) is 5.58. The maximum Gasteiger partial charge on any atom is 0.191 e.